The Morgan fingerprint density at radius 2 is 1.46 bits per heavy atom. The highest BCUT2D eigenvalue weighted by Gasteiger charge is 2.11. The molecule has 1 aromatic heterocycles. The van der Waals surface area contributed by atoms with Gasteiger partial charge in [0.05, 0.1) is 37.5 Å². The number of methoxy groups -OCH3 is 2. The minimum Gasteiger partial charge on any atom is -0.495 e. The van der Waals surface area contributed by atoms with Gasteiger partial charge in [-0.2, -0.15) is 0 Å². The number of anilines is 3. The molecule has 1 heterocycles. The van der Waals surface area contributed by atoms with Gasteiger partial charge in [-0.25, -0.2) is 4.98 Å². The van der Waals surface area contributed by atoms with E-state index in [-0.39, 0.29) is 5.91 Å². The molecule has 3 rings (SSSR count). The maximum absolute atomic E-state index is 12.4. The van der Waals surface area contributed by atoms with Crippen molar-refractivity contribution in [2.24, 2.45) is 0 Å². The summed E-state index contributed by atoms with van der Waals surface area (Å²) in [5.74, 6) is 1.01. The van der Waals surface area contributed by atoms with Crippen LogP contribution in [-0.2, 0) is 0 Å². The molecule has 0 fully saturated rings. The summed E-state index contributed by atoms with van der Waals surface area (Å²) in [4.78, 5) is 16.6. The number of amides is 1. The maximum atomic E-state index is 12.4. The van der Waals surface area contributed by atoms with E-state index in [9.17, 15) is 4.79 Å². The summed E-state index contributed by atoms with van der Waals surface area (Å²) in [6, 6.07) is 18.2. The minimum atomic E-state index is -0.307. The van der Waals surface area contributed by atoms with Gasteiger partial charge in [-0.1, -0.05) is 24.3 Å². The molecular weight excluding hydrogens is 330 g/mol. The Bertz CT molecular complexity index is 895. The normalized spacial score (nSPS) is 10.1. The molecule has 1 amide bonds. The summed E-state index contributed by atoms with van der Waals surface area (Å²) in [6.45, 7) is 0. The highest BCUT2D eigenvalue weighted by Crippen LogP contribution is 2.27. The van der Waals surface area contributed by atoms with Crippen LogP contribution in [-0.4, -0.2) is 25.1 Å². The topological polar surface area (TPSA) is 72.5 Å². The Labute approximate surface area is 151 Å². The molecule has 0 saturated heterocycles. The quantitative estimate of drug-likeness (QED) is 0.701. The number of benzene rings is 2. The second-order valence-electron chi connectivity index (χ2n) is 5.41. The van der Waals surface area contributed by atoms with Crippen LogP contribution in [0, 0.1) is 0 Å². The first-order valence-electron chi connectivity index (χ1n) is 8.01. The van der Waals surface area contributed by atoms with E-state index < -0.39 is 0 Å². The largest absolute Gasteiger partial charge is 0.495 e. The van der Waals surface area contributed by atoms with Gasteiger partial charge < -0.3 is 20.1 Å². The zero-order valence-corrected chi connectivity index (χ0v) is 14.5. The summed E-state index contributed by atoms with van der Waals surface area (Å²) >= 11 is 0. The first-order chi connectivity index (χ1) is 12.7. The van der Waals surface area contributed by atoms with Crippen molar-refractivity contribution in [3.8, 4) is 11.5 Å². The molecule has 0 aliphatic carbocycles. The van der Waals surface area contributed by atoms with E-state index in [4.69, 9.17) is 9.47 Å². The van der Waals surface area contributed by atoms with Crippen LogP contribution in [0.5, 0.6) is 11.5 Å². The predicted molar refractivity (Wildman–Crippen MR) is 101 cm³/mol. The second-order valence-corrected chi connectivity index (χ2v) is 5.41. The van der Waals surface area contributed by atoms with Crippen molar-refractivity contribution in [3.63, 3.8) is 0 Å². The van der Waals surface area contributed by atoms with Gasteiger partial charge in [0, 0.05) is 0 Å². The lowest BCUT2D eigenvalue weighted by Gasteiger charge is -2.11. The third kappa shape index (κ3) is 3.92. The van der Waals surface area contributed by atoms with Crippen LogP contribution in [0.25, 0.3) is 0 Å². The molecule has 6 nitrogen and oxygen atoms in total. The van der Waals surface area contributed by atoms with E-state index in [1.807, 2.05) is 36.4 Å². The van der Waals surface area contributed by atoms with Gasteiger partial charge in [0.15, 0.2) is 0 Å². The van der Waals surface area contributed by atoms with Crippen molar-refractivity contribution >= 4 is 23.0 Å². The fraction of sp³-hybridized carbons (Fsp3) is 0.100. The number of hydrogen-bond acceptors (Lipinski definition) is 5. The number of hydrogen-bond donors (Lipinski definition) is 2. The van der Waals surface area contributed by atoms with Crippen LogP contribution in [0.15, 0.2) is 66.9 Å². The van der Waals surface area contributed by atoms with E-state index in [2.05, 4.69) is 15.6 Å². The van der Waals surface area contributed by atoms with E-state index in [0.29, 0.717) is 17.1 Å². The van der Waals surface area contributed by atoms with E-state index >= 15 is 0 Å². The summed E-state index contributed by atoms with van der Waals surface area (Å²) in [6.07, 6.45) is 1.60. The van der Waals surface area contributed by atoms with E-state index in [1.165, 1.54) is 0 Å². The highest BCUT2D eigenvalue weighted by molar-refractivity contribution is 6.03. The van der Waals surface area contributed by atoms with Gasteiger partial charge in [-0.3, -0.25) is 4.79 Å². The van der Waals surface area contributed by atoms with Crippen LogP contribution in [0.1, 0.15) is 10.5 Å². The summed E-state index contributed by atoms with van der Waals surface area (Å²) in [5.41, 5.74) is 2.48. The highest BCUT2D eigenvalue weighted by atomic mass is 16.5. The molecule has 0 atom stereocenters. The standard InChI is InChI=1S/C20H19N3O3/c1-25-18-9-5-3-7-15(18)22-14-11-12-17(21-13-14)20(24)23-16-8-4-6-10-19(16)26-2/h3-13,22H,1-2H3,(H,23,24). The van der Waals surface area contributed by atoms with Crippen LogP contribution in [0.4, 0.5) is 17.1 Å². The molecule has 0 aliphatic rings. The Morgan fingerprint density at radius 1 is 0.846 bits per heavy atom. The first-order valence-corrected chi connectivity index (χ1v) is 8.01. The predicted octanol–water partition coefficient (Wildman–Crippen LogP) is 4.09. The molecule has 3 aromatic rings. The molecule has 2 aromatic carbocycles. The Hall–Kier alpha value is -3.54. The average Bonchev–Trinajstić information content (AvgIpc) is 2.69. The van der Waals surface area contributed by atoms with Gasteiger partial charge in [0.1, 0.15) is 17.2 Å². The summed E-state index contributed by atoms with van der Waals surface area (Å²) < 4.78 is 10.5. The molecule has 0 saturated carbocycles. The second kappa shape index (κ2) is 8.02. The fourth-order valence-electron chi connectivity index (χ4n) is 2.44. The number of aromatic nitrogens is 1. The van der Waals surface area contributed by atoms with Gasteiger partial charge >= 0.3 is 0 Å². The van der Waals surface area contributed by atoms with E-state index in [1.54, 1.807) is 44.7 Å². The number of pyridine rings is 1. The van der Waals surface area contributed by atoms with Crippen molar-refractivity contribution in [3.05, 3.63) is 72.6 Å². The number of rotatable bonds is 6. The van der Waals surface area contributed by atoms with Crippen LogP contribution < -0.4 is 20.1 Å². The number of nitrogens with zero attached hydrogens (tertiary/aromatic N) is 1. The Balaban J connectivity index is 1.72. The average molecular weight is 349 g/mol. The van der Waals surface area contributed by atoms with Crippen molar-refractivity contribution in [2.45, 2.75) is 0 Å². The van der Waals surface area contributed by atoms with Crippen molar-refractivity contribution in [1.29, 1.82) is 0 Å². The Morgan fingerprint density at radius 3 is 2.08 bits per heavy atom. The van der Waals surface area contributed by atoms with Crippen molar-refractivity contribution < 1.29 is 14.3 Å². The van der Waals surface area contributed by atoms with Crippen LogP contribution >= 0.6 is 0 Å². The number of ether oxygens (including phenoxy) is 2. The van der Waals surface area contributed by atoms with Crippen LogP contribution in [0.2, 0.25) is 0 Å². The lowest BCUT2D eigenvalue weighted by Crippen LogP contribution is -2.14. The lowest BCUT2D eigenvalue weighted by atomic mass is 10.2. The molecule has 0 radical (unpaired) electrons. The molecule has 6 heteroatoms. The number of nitrogens with one attached hydrogen (secondary N) is 2. The number of carbonyl (C=O) groups is 1. The Kier molecular flexibility index (Phi) is 5.34. The fourth-order valence-corrected chi connectivity index (χ4v) is 2.44. The first kappa shape index (κ1) is 17.3. The smallest absolute Gasteiger partial charge is 0.274 e. The molecular formula is C20H19N3O3. The molecule has 132 valence electrons. The third-order valence-corrected chi connectivity index (χ3v) is 3.74. The SMILES string of the molecule is COc1ccccc1NC(=O)c1ccc(Nc2ccccc2OC)cn1. The number of para-hydroxylation sites is 4. The zero-order valence-electron chi connectivity index (χ0n) is 14.5. The maximum Gasteiger partial charge on any atom is 0.274 e. The molecule has 0 unspecified atom stereocenters. The van der Waals surface area contributed by atoms with Gasteiger partial charge in [-0.15, -0.1) is 0 Å². The van der Waals surface area contributed by atoms with Gasteiger partial charge in [0.25, 0.3) is 5.91 Å². The van der Waals surface area contributed by atoms with Crippen molar-refractivity contribution in [1.82, 2.24) is 4.98 Å². The monoisotopic (exact) mass is 349 g/mol. The third-order valence-electron chi connectivity index (χ3n) is 3.74. The minimum absolute atomic E-state index is 0.307. The lowest BCUT2D eigenvalue weighted by molar-refractivity contribution is 0.102. The van der Waals surface area contributed by atoms with Crippen molar-refractivity contribution in [2.75, 3.05) is 24.9 Å². The zero-order chi connectivity index (χ0) is 18.4. The summed E-state index contributed by atoms with van der Waals surface area (Å²) in [7, 11) is 3.17. The van der Waals surface area contributed by atoms with Gasteiger partial charge in [0.2, 0.25) is 0 Å². The summed E-state index contributed by atoms with van der Waals surface area (Å²) in [5, 5.41) is 6.02. The molecule has 0 spiro atoms. The molecule has 2 N–H and O–H groups in total. The molecule has 26 heavy (non-hydrogen) atoms. The van der Waals surface area contributed by atoms with Crippen LogP contribution in [0.3, 0.4) is 0 Å². The molecule has 0 bridgehead atoms. The van der Waals surface area contributed by atoms with Gasteiger partial charge in [-0.05, 0) is 36.4 Å². The molecule has 0 aliphatic heterocycles. The van der Waals surface area contributed by atoms with E-state index in [0.717, 1.165) is 17.1 Å². The number of carbonyl (C=O) groups excluding carboxylic acids is 1.